The first-order valence-corrected chi connectivity index (χ1v) is 19.5. The van der Waals surface area contributed by atoms with Crippen molar-refractivity contribution in [1.82, 2.24) is 0 Å². The molecule has 2 saturated carbocycles. The van der Waals surface area contributed by atoms with Gasteiger partial charge in [0.1, 0.15) is 0 Å². The second kappa shape index (κ2) is 16.7. The number of benzene rings is 4. The van der Waals surface area contributed by atoms with Crippen LogP contribution >= 0.6 is 15.8 Å². The predicted molar refractivity (Wildman–Crippen MR) is 195 cm³/mol. The van der Waals surface area contributed by atoms with E-state index in [4.69, 9.17) is 0 Å². The van der Waals surface area contributed by atoms with Crippen molar-refractivity contribution >= 4 is 37.1 Å². The van der Waals surface area contributed by atoms with Crippen molar-refractivity contribution in [3.05, 3.63) is 121 Å². The van der Waals surface area contributed by atoms with Gasteiger partial charge in [0.15, 0.2) is 0 Å². The second-order valence-electron chi connectivity index (χ2n) is 13.6. The van der Waals surface area contributed by atoms with Crippen molar-refractivity contribution in [2.24, 2.45) is 23.2 Å². The zero-order valence-electron chi connectivity index (χ0n) is 27.4. The van der Waals surface area contributed by atoms with E-state index in [1.807, 2.05) is 0 Å². The van der Waals surface area contributed by atoms with Gasteiger partial charge in [-0.15, -0.1) is 0 Å². The molecule has 0 aromatic heterocycles. The molecule has 0 heterocycles. The molecule has 3 heteroatoms. The Labute approximate surface area is 281 Å². The van der Waals surface area contributed by atoms with Gasteiger partial charge in [0.05, 0.1) is 0 Å². The molecule has 0 bridgehead atoms. The van der Waals surface area contributed by atoms with E-state index in [1.54, 1.807) is 21.2 Å². The molecule has 44 heavy (non-hydrogen) atoms. The Morgan fingerprint density at radius 2 is 0.955 bits per heavy atom. The summed E-state index contributed by atoms with van der Waals surface area (Å²) in [6.07, 6.45) is 8.38. The van der Waals surface area contributed by atoms with Gasteiger partial charge in [-0.1, -0.05) is 169 Å². The maximum atomic E-state index is 2.54. The van der Waals surface area contributed by atoms with Crippen molar-refractivity contribution in [3.8, 4) is 0 Å². The standard InChI is InChI=1S/C21H27P.C20H25P.Fe/c1-17(2)21(3)16-10-15-20(21)22(18-11-6-4-7-12-18)19-13-8-5-9-14-19;1-16(2)19-14-9-15-20(19)21(17-10-5-3-6-11-17)18-12-7-4-8-13-18;/h4-9,11-14,17,20H,10,15-16H2,1-3H3;3-8,10-13,16,19-20H,9,14-15H2,1-2H3;. The molecule has 2 aliphatic carbocycles. The summed E-state index contributed by atoms with van der Waals surface area (Å²) in [5.74, 6) is 2.43. The maximum Gasteiger partial charge on any atom is 0 e. The minimum Gasteiger partial charge on any atom is -0.0625 e. The zero-order valence-corrected chi connectivity index (χ0v) is 30.3. The molecule has 4 atom stereocenters. The number of hydrogen-bond donors (Lipinski definition) is 0. The minimum absolute atomic E-state index is 0. The van der Waals surface area contributed by atoms with Crippen LogP contribution in [0.1, 0.15) is 73.1 Å². The fraction of sp³-hybridized carbons (Fsp3) is 0.415. The third-order valence-corrected chi connectivity index (χ3v) is 16.6. The molecular formula is C41H52FeP2. The zero-order chi connectivity index (χ0) is 30.2. The van der Waals surface area contributed by atoms with E-state index < -0.39 is 0 Å². The Balaban J connectivity index is 0.000000197. The molecule has 4 aromatic carbocycles. The van der Waals surface area contributed by atoms with Crippen molar-refractivity contribution in [2.75, 3.05) is 0 Å². The molecule has 2 fully saturated rings. The van der Waals surface area contributed by atoms with Crippen LogP contribution in [0.15, 0.2) is 121 Å². The summed E-state index contributed by atoms with van der Waals surface area (Å²) in [4.78, 5) is 0. The Kier molecular flexibility index (Phi) is 13.3. The van der Waals surface area contributed by atoms with Crippen molar-refractivity contribution in [3.63, 3.8) is 0 Å². The number of rotatable bonds is 8. The van der Waals surface area contributed by atoms with Gasteiger partial charge in [0.25, 0.3) is 0 Å². The van der Waals surface area contributed by atoms with Crippen LogP contribution in [0.5, 0.6) is 0 Å². The average Bonchev–Trinajstić information content (AvgIpc) is 3.68. The van der Waals surface area contributed by atoms with Crippen LogP contribution in [0, 0.1) is 23.2 Å². The van der Waals surface area contributed by atoms with Gasteiger partial charge in [-0.05, 0) is 97.2 Å². The van der Waals surface area contributed by atoms with Crippen LogP contribution in [0.3, 0.4) is 0 Å². The van der Waals surface area contributed by atoms with E-state index in [1.165, 1.54) is 38.5 Å². The Morgan fingerprint density at radius 3 is 1.34 bits per heavy atom. The Morgan fingerprint density at radius 1 is 0.545 bits per heavy atom. The second-order valence-corrected chi connectivity index (χ2v) is 18.4. The SMILES string of the molecule is CC(C)C1(C)CCCC1P(c1ccccc1)c1ccccc1.CC(C)C1CCCC1P(c1ccccc1)c1ccccc1.[Fe]. The molecule has 6 rings (SSSR count). The van der Waals surface area contributed by atoms with E-state index in [0.29, 0.717) is 5.41 Å². The van der Waals surface area contributed by atoms with E-state index in [9.17, 15) is 0 Å². The van der Waals surface area contributed by atoms with E-state index in [0.717, 1.165) is 29.1 Å². The van der Waals surface area contributed by atoms with E-state index in [-0.39, 0.29) is 32.9 Å². The smallest absolute Gasteiger partial charge is 0 e. The molecule has 0 saturated heterocycles. The summed E-state index contributed by atoms with van der Waals surface area (Å²) in [6, 6.07) is 44.9. The van der Waals surface area contributed by atoms with Crippen LogP contribution in [0.4, 0.5) is 0 Å². The molecule has 4 aromatic rings. The average molecular weight is 663 g/mol. The first-order valence-electron chi connectivity index (χ1n) is 16.7. The molecule has 2 aliphatic rings. The van der Waals surface area contributed by atoms with Gasteiger partial charge in [0.2, 0.25) is 0 Å². The van der Waals surface area contributed by atoms with Gasteiger partial charge in [-0.25, -0.2) is 0 Å². The van der Waals surface area contributed by atoms with Crippen LogP contribution in [0.25, 0.3) is 0 Å². The van der Waals surface area contributed by atoms with Crippen LogP contribution < -0.4 is 21.2 Å². The molecule has 0 amide bonds. The summed E-state index contributed by atoms with van der Waals surface area (Å²) < 4.78 is 0. The molecule has 0 radical (unpaired) electrons. The van der Waals surface area contributed by atoms with Crippen LogP contribution in [-0.4, -0.2) is 11.3 Å². The van der Waals surface area contributed by atoms with Gasteiger partial charge in [0, 0.05) is 17.1 Å². The fourth-order valence-electron chi connectivity index (χ4n) is 7.73. The van der Waals surface area contributed by atoms with Crippen molar-refractivity contribution in [2.45, 2.75) is 84.5 Å². The first-order chi connectivity index (χ1) is 20.9. The summed E-state index contributed by atoms with van der Waals surface area (Å²) in [5.41, 5.74) is 2.12. The third-order valence-electron chi connectivity index (χ3n) is 10.4. The topological polar surface area (TPSA) is 0 Å². The van der Waals surface area contributed by atoms with Gasteiger partial charge in [-0.2, -0.15) is 0 Å². The van der Waals surface area contributed by atoms with Gasteiger partial charge in [-0.3, -0.25) is 0 Å². The molecule has 0 aliphatic heterocycles. The van der Waals surface area contributed by atoms with Crippen LogP contribution in [0.2, 0.25) is 0 Å². The van der Waals surface area contributed by atoms with Crippen molar-refractivity contribution in [1.29, 1.82) is 0 Å². The van der Waals surface area contributed by atoms with E-state index >= 15 is 0 Å². The molecule has 234 valence electrons. The quantitative estimate of drug-likeness (QED) is 0.130. The molecule has 0 spiro atoms. The Hall–Kier alpha value is -1.74. The monoisotopic (exact) mass is 662 g/mol. The first kappa shape index (κ1) is 35.1. The molecular weight excluding hydrogens is 610 g/mol. The van der Waals surface area contributed by atoms with Gasteiger partial charge >= 0.3 is 0 Å². The van der Waals surface area contributed by atoms with E-state index in [2.05, 4.69) is 156 Å². The largest absolute Gasteiger partial charge is 0.0625 e. The predicted octanol–water partition coefficient (Wildman–Crippen LogP) is 10.3. The number of hydrogen-bond acceptors (Lipinski definition) is 0. The van der Waals surface area contributed by atoms with Crippen molar-refractivity contribution < 1.29 is 17.1 Å². The summed E-state index contributed by atoms with van der Waals surface area (Å²) in [7, 11) is -0.496. The molecule has 4 unspecified atom stereocenters. The van der Waals surface area contributed by atoms with Gasteiger partial charge < -0.3 is 0 Å². The normalized spacial score (nSPS) is 23.1. The summed E-state index contributed by atoms with van der Waals surface area (Å²) in [6.45, 7) is 12.2. The minimum atomic E-state index is -0.272. The fourth-order valence-corrected chi connectivity index (χ4v) is 14.6. The Bertz CT molecular complexity index is 1280. The summed E-state index contributed by atoms with van der Waals surface area (Å²) >= 11 is 0. The summed E-state index contributed by atoms with van der Waals surface area (Å²) in [5, 5.41) is 6.19. The molecule has 0 nitrogen and oxygen atoms in total. The van der Waals surface area contributed by atoms with Crippen LogP contribution in [-0.2, 0) is 17.1 Å². The molecule has 0 N–H and O–H groups in total. The third kappa shape index (κ3) is 8.15. The maximum absolute atomic E-state index is 2.54.